The summed E-state index contributed by atoms with van der Waals surface area (Å²) in [4.78, 5) is 37.0. The van der Waals surface area contributed by atoms with Crippen LogP contribution < -0.4 is 11.1 Å². The lowest BCUT2D eigenvalue weighted by atomic mass is 9.95. The fourth-order valence-corrected chi connectivity index (χ4v) is 4.65. The summed E-state index contributed by atoms with van der Waals surface area (Å²) in [6.07, 6.45) is 10.1. The number of aryl methyl sites for hydroxylation is 1. The smallest absolute Gasteiger partial charge is 0.309 e. The highest BCUT2D eigenvalue weighted by Gasteiger charge is 2.26. The Kier molecular flexibility index (Phi) is 5.53. The van der Waals surface area contributed by atoms with Crippen molar-refractivity contribution in [3.8, 4) is 0 Å². The first-order valence-corrected chi connectivity index (χ1v) is 9.43. The third-order valence-corrected chi connectivity index (χ3v) is 5.83. The van der Waals surface area contributed by atoms with Crippen LogP contribution in [-0.2, 0) is 27.2 Å². The predicted octanol–water partition coefficient (Wildman–Crippen LogP) is 2.56. The van der Waals surface area contributed by atoms with E-state index in [2.05, 4.69) is 5.32 Å². The molecule has 6 nitrogen and oxygen atoms in total. The van der Waals surface area contributed by atoms with Crippen molar-refractivity contribution in [2.24, 2.45) is 11.7 Å². The van der Waals surface area contributed by atoms with Gasteiger partial charge >= 0.3 is 5.97 Å². The van der Waals surface area contributed by atoms with Gasteiger partial charge in [-0.2, -0.15) is 0 Å². The molecular weight excluding hydrogens is 340 g/mol. The van der Waals surface area contributed by atoms with Crippen molar-refractivity contribution >= 4 is 34.1 Å². The average Bonchev–Trinajstić information content (AvgIpc) is 2.98. The number of primary amides is 1. The summed E-state index contributed by atoms with van der Waals surface area (Å²) >= 11 is 1.40. The molecule has 1 aromatic rings. The summed E-state index contributed by atoms with van der Waals surface area (Å²) in [7, 11) is 0. The number of hydrogen-bond donors (Lipinski definition) is 2. The molecule has 1 heterocycles. The summed E-state index contributed by atoms with van der Waals surface area (Å²) in [6, 6.07) is 0. The highest BCUT2D eigenvalue weighted by atomic mass is 32.1. The van der Waals surface area contributed by atoms with E-state index in [1.54, 1.807) is 0 Å². The quantitative estimate of drug-likeness (QED) is 0.621. The zero-order valence-electron chi connectivity index (χ0n) is 14.0. The van der Waals surface area contributed by atoms with Gasteiger partial charge in [0.15, 0.2) is 6.61 Å². The number of anilines is 1. The summed E-state index contributed by atoms with van der Waals surface area (Å²) in [5.41, 5.74) is 6.88. The maximum Gasteiger partial charge on any atom is 0.309 e. The molecule has 0 unspecified atom stereocenters. The molecule has 2 amide bonds. The number of ether oxygens (including phenoxy) is 1. The van der Waals surface area contributed by atoms with Crippen LogP contribution in [0.1, 0.15) is 52.9 Å². The SMILES string of the molecule is NC(=O)c1c(NC(=O)COC(=O)[C@H]2CC=CCC2)sc2c1CCCC2. The van der Waals surface area contributed by atoms with E-state index in [-0.39, 0.29) is 18.5 Å². The van der Waals surface area contributed by atoms with Crippen molar-refractivity contribution in [1.82, 2.24) is 0 Å². The summed E-state index contributed by atoms with van der Waals surface area (Å²) in [5.74, 6) is -1.49. The van der Waals surface area contributed by atoms with Gasteiger partial charge in [-0.25, -0.2) is 0 Å². The Labute approximate surface area is 150 Å². The topological polar surface area (TPSA) is 98.5 Å². The number of fused-ring (bicyclic) bond motifs is 1. The molecule has 25 heavy (non-hydrogen) atoms. The Morgan fingerprint density at radius 2 is 2.04 bits per heavy atom. The third-order valence-electron chi connectivity index (χ3n) is 4.62. The zero-order valence-corrected chi connectivity index (χ0v) is 14.8. The molecule has 3 rings (SSSR count). The molecule has 3 N–H and O–H groups in total. The lowest BCUT2D eigenvalue weighted by Gasteiger charge is -2.16. The molecule has 2 aliphatic carbocycles. The normalized spacial score (nSPS) is 19.1. The number of thiophene rings is 1. The van der Waals surface area contributed by atoms with E-state index in [1.807, 2.05) is 12.2 Å². The van der Waals surface area contributed by atoms with E-state index >= 15 is 0 Å². The van der Waals surface area contributed by atoms with Gasteiger partial charge in [0.25, 0.3) is 11.8 Å². The molecule has 0 aliphatic heterocycles. The first kappa shape index (κ1) is 17.7. The van der Waals surface area contributed by atoms with E-state index < -0.39 is 11.8 Å². The summed E-state index contributed by atoms with van der Waals surface area (Å²) in [6.45, 7) is -0.347. The van der Waals surface area contributed by atoms with Crippen LogP contribution in [0.15, 0.2) is 12.2 Å². The van der Waals surface area contributed by atoms with Crippen LogP contribution in [0, 0.1) is 5.92 Å². The molecule has 0 spiro atoms. The number of rotatable bonds is 5. The highest BCUT2D eigenvalue weighted by Crippen LogP contribution is 2.37. The Morgan fingerprint density at radius 3 is 2.76 bits per heavy atom. The number of amides is 2. The Hall–Kier alpha value is -2.15. The van der Waals surface area contributed by atoms with Crippen LogP contribution in [-0.4, -0.2) is 24.4 Å². The van der Waals surface area contributed by atoms with Gasteiger partial charge < -0.3 is 15.8 Å². The molecule has 0 saturated heterocycles. The number of hydrogen-bond acceptors (Lipinski definition) is 5. The fourth-order valence-electron chi connectivity index (χ4n) is 3.34. The van der Waals surface area contributed by atoms with Crippen LogP contribution in [0.2, 0.25) is 0 Å². The number of carbonyl (C=O) groups is 3. The van der Waals surface area contributed by atoms with E-state index in [0.717, 1.165) is 49.0 Å². The number of esters is 1. The van der Waals surface area contributed by atoms with Crippen LogP contribution in [0.25, 0.3) is 0 Å². The predicted molar refractivity (Wildman–Crippen MR) is 95.5 cm³/mol. The van der Waals surface area contributed by atoms with Gasteiger partial charge in [-0.1, -0.05) is 12.2 Å². The van der Waals surface area contributed by atoms with Gasteiger partial charge in [0.2, 0.25) is 0 Å². The maximum absolute atomic E-state index is 12.1. The van der Waals surface area contributed by atoms with Gasteiger partial charge in [-0.3, -0.25) is 14.4 Å². The number of carbonyl (C=O) groups excluding carboxylic acids is 3. The average molecular weight is 362 g/mol. The van der Waals surface area contributed by atoms with Crippen molar-refractivity contribution in [1.29, 1.82) is 0 Å². The van der Waals surface area contributed by atoms with Crippen molar-refractivity contribution in [2.75, 3.05) is 11.9 Å². The Morgan fingerprint density at radius 1 is 1.24 bits per heavy atom. The Bertz CT molecular complexity index is 723. The monoisotopic (exact) mass is 362 g/mol. The second kappa shape index (κ2) is 7.82. The molecule has 1 atom stereocenters. The molecule has 0 fully saturated rings. The highest BCUT2D eigenvalue weighted by molar-refractivity contribution is 7.17. The summed E-state index contributed by atoms with van der Waals surface area (Å²) in [5, 5.41) is 3.17. The molecule has 0 saturated carbocycles. The van der Waals surface area contributed by atoms with Crippen molar-refractivity contribution in [2.45, 2.75) is 44.9 Å². The number of allylic oxidation sites excluding steroid dienone is 2. The van der Waals surface area contributed by atoms with Gasteiger partial charge in [0.1, 0.15) is 5.00 Å². The molecule has 0 aromatic carbocycles. The second-order valence-electron chi connectivity index (χ2n) is 6.42. The van der Waals surface area contributed by atoms with Gasteiger partial charge in [-0.05, 0) is 50.5 Å². The van der Waals surface area contributed by atoms with Crippen molar-refractivity contribution < 1.29 is 19.1 Å². The second-order valence-corrected chi connectivity index (χ2v) is 7.52. The lowest BCUT2D eigenvalue weighted by Crippen LogP contribution is -2.26. The maximum atomic E-state index is 12.1. The third kappa shape index (κ3) is 4.10. The molecule has 7 heteroatoms. The number of nitrogens with two attached hydrogens (primary N) is 1. The standard InChI is InChI=1S/C18H22N2O4S/c19-16(22)15-12-8-4-5-9-13(12)25-17(15)20-14(21)10-24-18(23)11-6-2-1-3-7-11/h1-2,11H,3-10H2,(H2,19,22)(H,20,21)/t11-/m0/s1. The van der Waals surface area contributed by atoms with E-state index in [4.69, 9.17) is 10.5 Å². The Balaban J connectivity index is 1.61. The summed E-state index contributed by atoms with van der Waals surface area (Å²) < 4.78 is 5.12. The first-order chi connectivity index (χ1) is 12.1. The van der Waals surface area contributed by atoms with Crippen LogP contribution in [0.3, 0.4) is 0 Å². The van der Waals surface area contributed by atoms with E-state index in [1.165, 1.54) is 11.3 Å². The molecule has 2 aliphatic rings. The minimum absolute atomic E-state index is 0.173. The first-order valence-electron chi connectivity index (χ1n) is 8.62. The van der Waals surface area contributed by atoms with Gasteiger partial charge in [0.05, 0.1) is 11.5 Å². The molecule has 0 radical (unpaired) electrons. The molecular formula is C18H22N2O4S. The fraction of sp³-hybridized carbons (Fsp3) is 0.500. The molecule has 1 aromatic heterocycles. The molecule has 134 valence electrons. The van der Waals surface area contributed by atoms with Crippen LogP contribution >= 0.6 is 11.3 Å². The largest absolute Gasteiger partial charge is 0.455 e. The van der Waals surface area contributed by atoms with Gasteiger partial charge in [-0.15, -0.1) is 11.3 Å². The number of nitrogens with one attached hydrogen (secondary N) is 1. The minimum Gasteiger partial charge on any atom is -0.455 e. The van der Waals surface area contributed by atoms with Crippen LogP contribution in [0.5, 0.6) is 0 Å². The molecule has 0 bridgehead atoms. The minimum atomic E-state index is -0.527. The van der Waals surface area contributed by atoms with Crippen molar-refractivity contribution in [3.05, 3.63) is 28.2 Å². The van der Waals surface area contributed by atoms with Gasteiger partial charge in [0, 0.05) is 4.88 Å². The van der Waals surface area contributed by atoms with E-state index in [9.17, 15) is 14.4 Å². The van der Waals surface area contributed by atoms with E-state index in [0.29, 0.717) is 17.0 Å². The zero-order chi connectivity index (χ0) is 17.8. The lowest BCUT2D eigenvalue weighted by molar-refractivity contribution is -0.151. The van der Waals surface area contributed by atoms with Crippen molar-refractivity contribution in [3.63, 3.8) is 0 Å². The van der Waals surface area contributed by atoms with Crippen LogP contribution in [0.4, 0.5) is 5.00 Å².